The van der Waals surface area contributed by atoms with Crippen molar-refractivity contribution < 1.29 is 4.79 Å². The summed E-state index contributed by atoms with van der Waals surface area (Å²) in [7, 11) is 0. The molecule has 0 spiro atoms. The SMILES string of the molecule is C/C(=C\C(=O)c1c(-c2ccccc2)c2ccccc2[nH]c1=O)c1ccccn1. The summed E-state index contributed by atoms with van der Waals surface area (Å²) in [5.41, 5.74) is 3.33. The number of rotatable bonds is 4. The molecule has 28 heavy (non-hydrogen) atoms. The lowest BCUT2D eigenvalue weighted by Gasteiger charge is -2.11. The second kappa shape index (κ2) is 7.45. The summed E-state index contributed by atoms with van der Waals surface area (Å²) in [6, 6.07) is 22.6. The van der Waals surface area contributed by atoms with Gasteiger partial charge in [-0.2, -0.15) is 0 Å². The summed E-state index contributed by atoms with van der Waals surface area (Å²) in [6.07, 6.45) is 3.16. The highest BCUT2D eigenvalue weighted by Gasteiger charge is 2.19. The first kappa shape index (κ1) is 17.6. The Morgan fingerprint density at radius 1 is 0.929 bits per heavy atom. The number of aromatic amines is 1. The quantitative estimate of drug-likeness (QED) is 0.414. The number of aromatic nitrogens is 2. The zero-order valence-corrected chi connectivity index (χ0v) is 15.3. The van der Waals surface area contributed by atoms with E-state index in [1.165, 1.54) is 6.08 Å². The van der Waals surface area contributed by atoms with Crippen molar-refractivity contribution in [2.75, 3.05) is 0 Å². The average Bonchev–Trinajstić information content (AvgIpc) is 2.74. The predicted molar refractivity (Wildman–Crippen MR) is 112 cm³/mol. The Morgan fingerprint density at radius 3 is 2.39 bits per heavy atom. The summed E-state index contributed by atoms with van der Waals surface area (Å²) in [4.78, 5) is 33.1. The molecule has 0 aliphatic rings. The van der Waals surface area contributed by atoms with Crippen LogP contribution in [0, 0.1) is 0 Å². The number of ketones is 1. The zero-order valence-electron chi connectivity index (χ0n) is 15.3. The van der Waals surface area contributed by atoms with Gasteiger partial charge in [0.15, 0.2) is 5.78 Å². The Morgan fingerprint density at radius 2 is 1.64 bits per heavy atom. The fourth-order valence-electron chi connectivity index (χ4n) is 3.32. The van der Waals surface area contributed by atoms with E-state index in [0.717, 1.165) is 10.9 Å². The first-order chi connectivity index (χ1) is 13.6. The lowest BCUT2D eigenvalue weighted by Crippen LogP contribution is -2.19. The molecule has 0 unspecified atom stereocenters. The maximum atomic E-state index is 13.2. The van der Waals surface area contributed by atoms with Crippen molar-refractivity contribution in [3.63, 3.8) is 0 Å². The summed E-state index contributed by atoms with van der Waals surface area (Å²) in [5, 5.41) is 0.834. The molecule has 1 N–H and O–H groups in total. The van der Waals surface area contributed by atoms with Gasteiger partial charge in [0.2, 0.25) is 0 Å². The van der Waals surface area contributed by atoms with E-state index in [4.69, 9.17) is 0 Å². The van der Waals surface area contributed by atoms with Gasteiger partial charge in [-0.25, -0.2) is 0 Å². The van der Waals surface area contributed by atoms with E-state index in [-0.39, 0.29) is 11.3 Å². The van der Waals surface area contributed by atoms with Gasteiger partial charge in [-0.15, -0.1) is 0 Å². The van der Waals surface area contributed by atoms with Crippen molar-refractivity contribution >= 4 is 22.3 Å². The highest BCUT2D eigenvalue weighted by Crippen LogP contribution is 2.30. The summed E-state index contributed by atoms with van der Waals surface area (Å²) in [5.74, 6) is -0.339. The molecule has 0 atom stereocenters. The number of hydrogen-bond acceptors (Lipinski definition) is 3. The van der Waals surface area contributed by atoms with Gasteiger partial charge in [-0.1, -0.05) is 54.6 Å². The first-order valence-electron chi connectivity index (χ1n) is 8.99. The third-order valence-corrected chi connectivity index (χ3v) is 4.65. The third kappa shape index (κ3) is 3.28. The fourth-order valence-corrected chi connectivity index (χ4v) is 3.32. The third-order valence-electron chi connectivity index (χ3n) is 4.65. The molecule has 4 nitrogen and oxygen atoms in total. The molecule has 136 valence electrons. The van der Waals surface area contributed by atoms with Crippen LogP contribution in [-0.2, 0) is 0 Å². The van der Waals surface area contributed by atoms with Gasteiger partial charge in [-0.05, 0) is 42.3 Å². The van der Waals surface area contributed by atoms with Crippen LogP contribution in [0.1, 0.15) is 23.0 Å². The van der Waals surface area contributed by atoms with Crippen LogP contribution in [0.15, 0.2) is 89.9 Å². The summed E-state index contributed by atoms with van der Waals surface area (Å²) < 4.78 is 0. The second-order valence-corrected chi connectivity index (χ2v) is 6.52. The lowest BCUT2D eigenvalue weighted by molar-refractivity contribution is 0.104. The molecule has 2 heterocycles. The number of nitrogens with zero attached hydrogens (tertiary/aromatic N) is 1. The number of fused-ring (bicyclic) bond motifs is 1. The normalized spacial score (nSPS) is 11.5. The Labute approximate surface area is 162 Å². The minimum atomic E-state index is -0.396. The second-order valence-electron chi connectivity index (χ2n) is 6.52. The molecular formula is C24H18N2O2. The minimum absolute atomic E-state index is 0.139. The van der Waals surface area contributed by atoms with Gasteiger partial charge in [0.25, 0.3) is 5.56 Å². The van der Waals surface area contributed by atoms with Crippen molar-refractivity contribution in [1.29, 1.82) is 0 Å². The number of allylic oxidation sites excluding steroid dienone is 2. The van der Waals surface area contributed by atoms with Gasteiger partial charge in [0.05, 0.1) is 11.3 Å². The monoisotopic (exact) mass is 366 g/mol. The standard InChI is InChI=1S/C24H18N2O2/c1-16(19-12-7-8-14-25-19)15-21(27)23-22(17-9-3-2-4-10-17)18-11-5-6-13-20(18)26-24(23)28/h2-15H,1H3,(H,26,28)/b16-15+. The van der Waals surface area contributed by atoms with Crippen molar-refractivity contribution in [3.05, 3.63) is 107 Å². The Balaban J connectivity index is 1.95. The smallest absolute Gasteiger partial charge is 0.260 e. The summed E-state index contributed by atoms with van der Waals surface area (Å²) >= 11 is 0. The molecule has 4 aromatic rings. The number of pyridine rings is 2. The van der Waals surface area contributed by atoms with Crippen LogP contribution in [0.25, 0.3) is 27.6 Å². The molecular weight excluding hydrogens is 348 g/mol. The van der Waals surface area contributed by atoms with Gasteiger partial charge >= 0.3 is 0 Å². The molecule has 4 heteroatoms. The molecule has 0 saturated heterocycles. The van der Waals surface area contributed by atoms with Gasteiger partial charge in [0.1, 0.15) is 0 Å². The highest BCUT2D eigenvalue weighted by atomic mass is 16.1. The average molecular weight is 366 g/mol. The van der Waals surface area contributed by atoms with Crippen LogP contribution in [0.2, 0.25) is 0 Å². The largest absolute Gasteiger partial charge is 0.321 e. The molecule has 0 saturated carbocycles. The number of carbonyl (C=O) groups is 1. The molecule has 0 bridgehead atoms. The zero-order chi connectivity index (χ0) is 19.5. The van der Waals surface area contributed by atoms with Gasteiger partial charge in [-0.3, -0.25) is 14.6 Å². The molecule has 0 fully saturated rings. The molecule has 2 aromatic carbocycles. The van der Waals surface area contributed by atoms with E-state index >= 15 is 0 Å². The Kier molecular flexibility index (Phi) is 4.68. The highest BCUT2D eigenvalue weighted by molar-refractivity contribution is 6.15. The van der Waals surface area contributed by atoms with E-state index in [2.05, 4.69) is 9.97 Å². The topological polar surface area (TPSA) is 62.8 Å². The summed E-state index contributed by atoms with van der Waals surface area (Å²) in [6.45, 7) is 1.82. The van der Waals surface area contributed by atoms with Crippen LogP contribution in [0.5, 0.6) is 0 Å². The lowest BCUT2D eigenvalue weighted by atomic mass is 9.93. The Hall–Kier alpha value is -3.79. The molecule has 0 radical (unpaired) electrons. The van der Waals surface area contributed by atoms with Crippen LogP contribution in [-0.4, -0.2) is 15.8 Å². The molecule has 0 amide bonds. The van der Waals surface area contributed by atoms with E-state index in [0.29, 0.717) is 22.3 Å². The van der Waals surface area contributed by atoms with Crippen LogP contribution in [0.4, 0.5) is 0 Å². The number of hydrogen-bond donors (Lipinski definition) is 1. The minimum Gasteiger partial charge on any atom is -0.321 e. The van der Waals surface area contributed by atoms with Crippen LogP contribution >= 0.6 is 0 Å². The van der Waals surface area contributed by atoms with E-state index in [9.17, 15) is 9.59 Å². The van der Waals surface area contributed by atoms with Crippen molar-refractivity contribution in [1.82, 2.24) is 9.97 Å². The predicted octanol–water partition coefficient (Wildman–Crippen LogP) is 4.88. The maximum Gasteiger partial charge on any atom is 0.260 e. The molecule has 2 aromatic heterocycles. The van der Waals surface area contributed by atoms with Crippen molar-refractivity contribution in [3.8, 4) is 11.1 Å². The number of para-hydroxylation sites is 1. The van der Waals surface area contributed by atoms with Crippen molar-refractivity contribution in [2.24, 2.45) is 0 Å². The Bertz CT molecular complexity index is 1240. The van der Waals surface area contributed by atoms with E-state index in [1.807, 2.05) is 79.7 Å². The first-order valence-corrected chi connectivity index (χ1v) is 8.99. The number of nitrogens with one attached hydrogen (secondary N) is 1. The fraction of sp³-hybridized carbons (Fsp3) is 0.0417. The van der Waals surface area contributed by atoms with E-state index < -0.39 is 5.56 Å². The van der Waals surface area contributed by atoms with Crippen molar-refractivity contribution in [2.45, 2.75) is 6.92 Å². The number of benzene rings is 2. The van der Waals surface area contributed by atoms with Gasteiger partial charge < -0.3 is 4.98 Å². The number of carbonyl (C=O) groups excluding carboxylic acids is 1. The van der Waals surface area contributed by atoms with Crippen LogP contribution < -0.4 is 5.56 Å². The number of H-pyrrole nitrogens is 1. The maximum absolute atomic E-state index is 13.2. The molecule has 0 aliphatic heterocycles. The van der Waals surface area contributed by atoms with Crippen LogP contribution in [0.3, 0.4) is 0 Å². The molecule has 4 rings (SSSR count). The molecule has 0 aliphatic carbocycles. The van der Waals surface area contributed by atoms with E-state index in [1.54, 1.807) is 6.20 Å². The van der Waals surface area contributed by atoms with Gasteiger partial charge in [0, 0.05) is 22.7 Å².